The summed E-state index contributed by atoms with van der Waals surface area (Å²) in [5, 5.41) is 0. The summed E-state index contributed by atoms with van der Waals surface area (Å²) in [7, 11) is -3.80. The lowest BCUT2D eigenvalue weighted by Gasteiger charge is -2.57. The van der Waals surface area contributed by atoms with Gasteiger partial charge in [0.1, 0.15) is 0 Å². The molecule has 0 N–H and O–H groups in total. The maximum atomic E-state index is 14.8. The first-order chi connectivity index (χ1) is 17.0. The SMILES string of the molecule is CC1=C(C)C(C)(C)C2(C)C3CCCCCCCC3C1(C)N2S(=O)(=O)C1=CC=CC=CC=CC=CC=C1. The first-order valence-electron chi connectivity index (χ1n) is 13.8. The summed E-state index contributed by atoms with van der Waals surface area (Å²) in [4.78, 5) is 0.355. The second kappa shape index (κ2) is 10.1. The van der Waals surface area contributed by atoms with Crippen molar-refractivity contribution in [3.05, 3.63) is 82.9 Å². The van der Waals surface area contributed by atoms with Crippen LogP contribution in [0.3, 0.4) is 0 Å². The number of nitrogens with zero attached hydrogens (tertiary/aromatic N) is 1. The molecule has 2 fully saturated rings. The molecule has 2 aliphatic carbocycles. The van der Waals surface area contributed by atoms with E-state index in [9.17, 15) is 8.42 Å². The zero-order valence-corrected chi connectivity index (χ0v) is 23.9. The second-order valence-corrected chi connectivity index (χ2v) is 13.8. The van der Waals surface area contributed by atoms with Crippen molar-refractivity contribution in [3.63, 3.8) is 0 Å². The van der Waals surface area contributed by atoms with Gasteiger partial charge in [-0.15, -0.1) is 0 Å². The van der Waals surface area contributed by atoms with Crippen LogP contribution in [0, 0.1) is 17.3 Å². The van der Waals surface area contributed by atoms with Crippen molar-refractivity contribution in [2.45, 2.75) is 97.6 Å². The minimum atomic E-state index is -3.80. The number of fused-ring (bicyclic) bond motifs is 5. The highest BCUT2D eigenvalue weighted by Crippen LogP contribution is 2.68. The lowest BCUT2D eigenvalue weighted by molar-refractivity contribution is 0.0354. The largest absolute Gasteiger partial charge is 0.244 e. The molecule has 4 heteroatoms. The maximum absolute atomic E-state index is 14.8. The van der Waals surface area contributed by atoms with Gasteiger partial charge in [0, 0.05) is 11.0 Å². The van der Waals surface area contributed by atoms with Crippen molar-refractivity contribution in [1.82, 2.24) is 4.31 Å². The van der Waals surface area contributed by atoms with E-state index < -0.39 is 21.1 Å². The summed E-state index contributed by atoms with van der Waals surface area (Å²) in [6.07, 6.45) is 29.1. The predicted octanol–water partition coefficient (Wildman–Crippen LogP) is 8.18. The van der Waals surface area contributed by atoms with Crippen LogP contribution >= 0.6 is 0 Å². The van der Waals surface area contributed by atoms with Gasteiger partial charge in [0.15, 0.2) is 0 Å². The Labute approximate surface area is 220 Å². The normalized spacial score (nSPS) is 35.3. The molecule has 0 spiro atoms. The van der Waals surface area contributed by atoms with E-state index in [-0.39, 0.29) is 5.41 Å². The van der Waals surface area contributed by atoms with Crippen molar-refractivity contribution < 1.29 is 8.42 Å². The third-order valence-electron chi connectivity index (χ3n) is 10.3. The summed E-state index contributed by atoms with van der Waals surface area (Å²) in [6.45, 7) is 13.5. The molecule has 0 aromatic heterocycles. The van der Waals surface area contributed by atoms with Crippen LogP contribution in [-0.4, -0.2) is 23.8 Å². The van der Waals surface area contributed by atoms with Crippen molar-refractivity contribution in [2.24, 2.45) is 17.3 Å². The molecule has 1 saturated heterocycles. The van der Waals surface area contributed by atoms with Crippen LogP contribution in [0.25, 0.3) is 0 Å². The molecule has 4 aliphatic rings. The fourth-order valence-electron chi connectivity index (χ4n) is 7.75. The number of allylic oxidation sites excluding steroid dienone is 11. The maximum Gasteiger partial charge on any atom is 0.244 e. The number of hydrogen-bond donors (Lipinski definition) is 0. The van der Waals surface area contributed by atoms with Crippen molar-refractivity contribution in [2.75, 3.05) is 0 Å². The lowest BCUT2D eigenvalue weighted by atomic mass is 9.61. The molecule has 4 unspecified atom stereocenters. The van der Waals surface area contributed by atoms with Crippen LogP contribution in [0.4, 0.5) is 0 Å². The van der Waals surface area contributed by atoms with Crippen LogP contribution in [0.5, 0.6) is 0 Å². The van der Waals surface area contributed by atoms with Gasteiger partial charge in [-0.3, -0.25) is 0 Å². The van der Waals surface area contributed by atoms with Crippen molar-refractivity contribution in [3.8, 4) is 0 Å². The number of sulfonamides is 1. The zero-order chi connectivity index (χ0) is 26.2. The average Bonchev–Trinajstić information content (AvgIpc) is 3.09. The highest BCUT2D eigenvalue weighted by atomic mass is 32.2. The van der Waals surface area contributed by atoms with Crippen LogP contribution in [-0.2, 0) is 10.0 Å². The van der Waals surface area contributed by atoms with E-state index in [1.807, 2.05) is 59.0 Å². The lowest BCUT2D eigenvalue weighted by Crippen LogP contribution is -2.66. The van der Waals surface area contributed by atoms with E-state index in [2.05, 4.69) is 41.5 Å². The van der Waals surface area contributed by atoms with Gasteiger partial charge in [-0.1, -0.05) is 112 Å². The molecule has 0 radical (unpaired) electrons. The van der Waals surface area contributed by atoms with Crippen LogP contribution in [0.1, 0.15) is 86.5 Å². The molecule has 0 aromatic carbocycles. The van der Waals surface area contributed by atoms with Gasteiger partial charge in [-0.05, 0) is 64.5 Å². The van der Waals surface area contributed by atoms with Gasteiger partial charge >= 0.3 is 0 Å². The monoisotopic (exact) mass is 507 g/mol. The van der Waals surface area contributed by atoms with Gasteiger partial charge in [0.05, 0.1) is 10.4 Å². The molecule has 4 rings (SSSR count). The Hall–Kier alpha value is -1.91. The Balaban J connectivity index is 1.94. The van der Waals surface area contributed by atoms with Gasteiger partial charge in [0.25, 0.3) is 0 Å². The molecule has 1 saturated carbocycles. The van der Waals surface area contributed by atoms with Crippen LogP contribution < -0.4 is 0 Å². The highest BCUT2D eigenvalue weighted by molar-refractivity contribution is 7.93. The van der Waals surface area contributed by atoms with E-state index in [1.165, 1.54) is 43.3 Å². The van der Waals surface area contributed by atoms with Crippen LogP contribution in [0.15, 0.2) is 82.9 Å². The molecule has 2 bridgehead atoms. The fraction of sp³-hybridized carbons (Fsp3) is 0.562. The Morgan fingerprint density at radius 1 is 0.694 bits per heavy atom. The van der Waals surface area contributed by atoms with Crippen molar-refractivity contribution >= 4 is 10.0 Å². The molecular weight excluding hydrogens is 462 g/mol. The number of hydrogen-bond acceptors (Lipinski definition) is 2. The third kappa shape index (κ3) is 4.09. The third-order valence-corrected chi connectivity index (χ3v) is 12.4. The Morgan fingerprint density at radius 2 is 1.19 bits per heavy atom. The van der Waals surface area contributed by atoms with Gasteiger partial charge < -0.3 is 0 Å². The Bertz CT molecular complexity index is 1180. The van der Waals surface area contributed by atoms with Gasteiger partial charge in [-0.25, -0.2) is 8.42 Å². The molecule has 196 valence electrons. The fourth-order valence-corrected chi connectivity index (χ4v) is 10.1. The van der Waals surface area contributed by atoms with Crippen molar-refractivity contribution in [1.29, 1.82) is 0 Å². The summed E-state index contributed by atoms with van der Waals surface area (Å²) >= 11 is 0. The second-order valence-electron chi connectivity index (χ2n) is 12.0. The summed E-state index contributed by atoms with van der Waals surface area (Å²) in [6, 6.07) is 0. The molecule has 2 aliphatic heterocycles. The highest BCUT2D eigenvalue weighted by Gasteiger charge is 2.73. The average molecular weight is 508 g/mol. The minimum absolute atomic E-state index is 0.268. The molecule has 0 aromatic rings. The molecule has 4 atom stereocenters. The minimum Gasteiger partial charge on any atom is -0.207 e. The van der Waals surface area contributed by atoms with E-state index in [1.54, 1.807) is 12.2 Å². The topological polar surface area (TPSA) is 37.4 Å². The number of rotatable bonds is 2. The van der Waals surface area contributed by atoms with E-state index >= 15 is 0 Å². The van der Waals surface area contributed by atoms with Gasteiger partial charge in [-0.2, -0.15) is 4.31 Å². The first kappa shape index (κ1) is 27.1. The van der Waals surface area contributed by atoms with E-state index in [0.29, 0.717) is 16.7 Å². The van der Waals surface area contributed by atoms with E-state index in [4.69, 9.17) is 0 Å². The van der Waals surface area contributed by atoms with E-state index in [0.717, 1.165) is 12.8 Å². The molecule has 36 heavy (non-hydrogen) atoms. The predicted molar refractivity (Wildman–Crippen MR) is 153 cm³/mol. The molecule has 2 heterocycles. The zero-order valence-electron chi connectivity index (χ0n) is 23.1. The standard InChI is InChI=1S/C32H45NO2S/c1-25-26(2)31(5)28-23-19-15-12-16-20-24-29(28)32(6,30(25,3)4)33(31)36(34,35)27-21-17-13-10-8-7-9-11-14-18-22-27/h7-11,13-14,17-18,21-22,28-29H,12,15-16,19-20,23-24H2,1-6H3. The van der Waals surface area contributed by atoms with Gasteiger partial charge in [0.2, 0.25) is 10.0 Å². The summed E-state index contributed by atoms with van der Waals surface area (Å²) < 4.78 is 31.7. The first-order valence-corrected chi connectivity index (χ1v) is 15.2. The summed E-state index contributed by atoms with van der Waals surface area (Å²) in [5.74, 6) is 0.656. The van der Waals surface area contributed by atoms with Crippen LogP contribution in [0.2, 0.25) is 0 Å². The Morgan fingerprint density at radius 3 is 1.81 bits per heavy atom. The molecule has 0 amide bonds. The molecule has 3 nitrogen and oxygen atoms in total. The smallest absolute Gasteiger partial charge is 0.207 e. The Kier molecular flexibility index (Phi) is 7.61. The molecular formula is C32H45NO2S. The summed E-state index contributed by atoms with van der Waals surface area (Å²) in [5.41, 5.74) is 1.33. The quantitative estimate of drug-likeness (QED) is 0.353.